The highest BCUT2D eigenvalue weighted by Crippen LogP contribution is 2.14. The molecule has 1 N–H and O–H groups in total. The maximum atomic E-state index is 10.1. The summed E-state index contributed by atoms with van der Waals surface area (Å²) >= 11 is 3.94. The Morgan fingerprint density at radius 3 is 2.31 bits per heavy atom. The zero-order valence-electron chi connectivity index (χ0n) is 7.52. The van der Waals surface area contributed by atoms with Gasteiger partial charge in [-0.25, -0.2) is 0 Å². The quantitative estimate of drug-likeness (QED) is 0.412. The second-order valence-electron chi connectivity index (χ2n) is 2.28. The molecule has 0 aromatic heterocycles. The Morgan fingerprint density at radius 2 is 2.00 bits per heavy atom. The normalized spacial score (nSPS) is 8.54. The van der Waals surface area contributed by atoms with Crippen molar-refractivity contribution in [2.45, 2.75) is 4.90 Å². The zero-order valence-corrected chi connectivity index (χ0v) is 8.41. The second-order valence-corrected chi connectivity index (χ2v) is 2.79. The number of non-ortho nitro benzene ring substituents is 1. The first-order valence-electron chi connectivity index (χ1n) is 3.63. The van der Waals surface area contributed by atoms with Gasteiger partial charge in [-0.2, -0.15) is 0 Å². The standard InChI is InChI=1S/C6H5NO2S.C2H7N/c8-7(9)5-2-1-3-6(10)4-5;1-3-2/h1-4,10H;3H,1-2H3. The Balaban J connectivity index is 0.000000424. The Morgan fingerprint density at radius 1 is 1.46 bits per heavy atom. The first-order chi connectivity index (χ1) is 6.11. The lowest BCUT2D eigenvalue weighted by atomic mass is 10.3. The molecule has 0 heterocycles. The molecule has 0 aliphatic rings. The van der Waals surface area contributed by atoms with Crippen LogP contribution in [0.1, 0.15) is 0 Å². The highest BCUT2D eigenvalue weighted by molar-refractivity contribution is 7.80. The number of nitro groups is 1. The highest BCUT2D eigenvalue weighted by atomic mass is 32.1. The van der Waals surface area contributed by atoms with Crippen LogP contribution in [0.15, 0.2) is 29.2 Å². The molecule has 5 heteroatoms. The van der Waals surface area contributed by atoms with Gasteiger partial charge in [0, 0.05) is 17.0 Å². The van der Waals surface area contributed by atoms with Gasteiger partial charge in [-0.1, -0.05) is 6.07 Å². The van der Waals surface area contributed by atoms with Gasteiger partial charge in [-0.3, -0.25) is 10.1 Å². The monoisotopic (exact) mass is 200 g/mol. The largest absolute Gasteiger partial charge is 0.323 e. The number of hydrogen-bond donors (Lipinski definition) is 2. The van der Waals surface area contributed by atoms with Gasteiger partial charge in [-0.05, 0) is 20.2 Å². The van der Waals surface area contributed by atoms with Gasteiger partial charge in [0.2, 0.25) is 0 Å². The Kier molecular flexibility index (Phi) is 5.92. The average Bonchev–Trinajstić information content (AvgIpc) is 2.05. The summed E-state index contributed by atoms with van der Waals surface area (Å²) in [5, 5.41) is 12.9. The molecule has 0 spiro atoms. The van der Waals surface area contributed by atoms with Crippen LogP contribution in [-0.2, 0) is 0 Å². The fraction of sp³-hybridized carbons (Fsp3) is 0.250. The Bertz CT molecular complexity index is 279. The van der Waals surface area contributed by atoms with Gasteiger partial charge in [-0.15, -0.1) is 12.6 Å². The molecule has 0 atom stereocenters. The van der Waals surface area contributed by atoms with Gasteiger partial charge < -0.3 is 5.32 Å². The van der Waals surface area contributed by atoms with Crippen molar-refractivity contribution in [1.82, 2.24) is 5.32 Å². The first-order valence-corrected chi connectivity index (χ1v) is 4.08. The van der Waals surface area contributed by atoms with E-state index < -0.39 is 4.92 Å². The van der Waals surface area contributed by atoms with Crippen LogP contribution in [0.25, 0.3) is 0 Å². The van der Waals surface area contributed by atoms with Crippen LogP contribution >= 0.6 is 12.6 Å². The molecule has 0 saturated heterocycles. The SMILES string of the molecule is CNC.O=[N+]([O-])c1cccc(S)c1. The van der Waals surface area contributed by atoms with E-state index in [1.807, 2.05) is 14.1 Å². The molecule has 1 rings (SSSR count). The minimum Gasteiger partial charge on any atom is -0.323 e. The van der Waals surface area contributed by atoms with E-state index in [9.17, 15) is 10.1 Å². The van der Waals surface area contributed by atoms with E-state index >= 15 is 0 Å². The van der Waals surface area contributed by atoms with Gasteiger partial charge in [0.1, 0.15) is 0 Å². The van der Waals surface area contributed by atoms with Crippen molar-refractivity contribution >= 4 is 18.3 Å². The number of hydrogen-bond acceptors (Lipinski definition) is 4. The summed E-state index contributed by atoms with van der Waals surface area (Å²) in [6.45, 7) is 0. The number of thiol groups is 1. The number of benzene rings is 1. The molecule has 72 valence electrons. The topological polar surface area (TPSA) is 55.2 Å². The molecule has 0 aliphatic carbocycles. The minimum absolute atomic E-state index is 0.0764. The van der Waals surface area contributed by atoms with E-state index in [2.05, 4.69) is 17.9 Å². The van der Waals surface area contributed by atoms with Crippen LogP contribution in [0.3, 0.4) is 0 Å². The van der Waals surface area contributed by atoms with Crippen molar-refractivity contribution in [3.63, 3.8) is 0 Å². The second kappa shape index (κ2) is 6.45. The molecule has 1 aromatic rings. The smallest absolute Gasteiger partial charge is 0.270 e. The number of nitro benzene ring substituents is 1. The van der Waals surface area contributed by atoms with Crippen molar-refractivity contribution in [3.8, 4) is 0 Å². The maximum absolute atomic E-state index is 10.1. The third-order valence-corrected chi connectivity index (χ3v) is 1.32. The lowest BCUT2D eigenvalue weighted by Crippen LogP contribution is -1.89. The molecule has 0 saturated carbocycles. The van der Waals surface area contributed by atoms with Gasteiger partial charge in [0.25, 0.3) is 5.69 Å². The zero-order chi connectivity index (χ0) is 10.3. The molecule has 4 nitrogen and oxygen atoms in total. The summed E-state index contributed by atoms with van der Waals surface area (Å²) in [5.74, 6) is 0. The molecule has 13 heavy (non-hydrogen) atoms. The van der Waals surface area contributed by atoms with Crippen LogP contribution in [0.4, 0.5) is 5.69 Å². The van der Waals surface area contributed by atoms with Crippen LogP contribution in [0, 0.1) is 10.1 Å². The third-order valence-electron chi connectivity index (χ3n) is 1.04. The minimum atomic E-state index is -0.445. The van der Waals surface area contributed by atoms with Gasteiger partial charge >= 0.3 is 0 Å². The fourth-order valence-electron chi connectivity index (χ4n) is 0.607. The van der Waals surface area contributed by atoms with Crippen molar-refractivity contribution in [3.05, 3.63) is 34.4 Å². The lowest BCUT2D eigenvalue weighted by molar-refractivity contribution is -0.385. The molecule has 0 fully saturated rings. The van der Waals surface area contributed by atoms with Crippen LogP contribution in [0.2, 0.25) is 0 Å². The van der Waals surface area contributed by atoms with Crippen LogP contribution in [0.5, 0.6) is 0 Å². The molecule has 1 aromatic carbocycles. The maximum Gasteiger partial charge on any atom is 0.270 e. The molecule has 0 aliphatic heterocycles. The molecule has 0 bridgehead atoms. The lowest BCUT2D eigenvalue weighted by Gasteiger charge is -1.90. The molecular weight excluding hydrogens is 188 g/mol. The summed E-state index contributed by atoms with van der Waals surface area (Å²) in [6, 6.07) is 6.12. The summed E-state index contributed by atoms with van der Waals surface area (Å²) < 4.78 is 0. The first kappa shape index (κ1) is 11.9. The highest BCUT2D eigenvalue weighted by Gasteiger charge is 2.02. The van der Waals surface area contributed by atoms with Crippen molar-refractivity contribution < 1.29 is 4.92 Å². The predicted octanol–water partition coefficient (Wildman–Crippen LogP) is 1.72. The van der Waals surface area contributed by atoms with Crippen molar-refractivity contribution in [2.75, 3.05) is 14.1 Å². The van der Waals surface area contributed by atoms with Gasteiger partial charge in [0.05, 0.1) is 4.92 Å². The summed E-state index contributed by atoms with van der Waals surface area (Å²) in [5.41, 5.74) is 0.0764. The van der Waals surface area contributed by atoms with E-state index in [-0.39, 0.29) is 5.69 Å². The van der Waals surface area contributed by atoms with Crippen molar-refractivity contribution in [2.24, 2.45) is 0 Å². The summed E-state index contributed by atoms with van der Waals surface area (Å²) in [7, 11) is 3.75. The summed E-state index contributed by atoms with van der Waals surface area (Å²) in [4.78, 5) is 10.3. The molecular formula is C8H12N2O2S. The average molecular weight is 200 g/mol. The van der Waals surface area contributed by atoms with E-state index in [0.29, 0.717) is 4.90 Å². The number of nitrogens with one attached hydrogen (secondary N) is 1. The van der Waals surface area contributed by atoms with Crippen LogP contribution in [-0.4, -0.2) is 19.0 Å². The third kappa shape index (κ3) is 5.21. The number of nitrogens with zero attached hydrogens (tertiary/aromatic N) is 1. The summed E-state index contributed by atoms with van der Waals surface area (Å²) in [6.07, 6.45) is 0. The molecule has 0 radical (unpaired) electrons. The van der Waals surface area contributed by atoms with E-state index in [1.165, 1.54) is 12.1 Å². The molecule has 0 amide bonds. The molecule has 0 unspecified atom stereocenters. The van der Waals surface area contributed by atoms with E-state index in [1.54, 1.807) is 12.1 Å². The Labute approximate surface area is 82.5 Å². The van der Waals surface area contributed by atoms with E-state index in [4.69, 9.17) is 0 Å². The fourth-order valence-corrected chi connectivity index (χ4v) is 0.825. The van der Waals surface area contributed by atoms with Crippen LogP contribution < -0.4 is 5.32 Å². The van der Waals surface area contributed by atoms with Crippen molar-refractivity contribution in [1.29, 1.82) is 0 Å². The van der Waals surface area contributed by atoms with E-state index in [0.717, 1.165) is 0 Å². The van der Waals surface area contributed by atoms with Gasteiger partial charge in [0.15, 0.2) is 0 Å². The predicted molar refractivity (Wildman–Crippen MR) is 55.3 cm³/mol. The Hall–Kier alpha value is -1.07. The number of rotatable bonds is 1.